The maximum absolute atomic E-state index is 12.2. The van der Waals surface area contributed by atoms with Gasteiger partial charge in [0.15, 0.2) is 0 Å². The number of fused-ring (bicyclic) bond motifs is 1. The van der Waals surface area contributed by atoms with E-state index in [4.69, 9.17) is 0 Å². The third-order valence-electron chi connectivity index (χ3n) is 2.73. The average Bonchev–Trinajstić information content (AvgIpc) is 2.63. The summed E-state index contributed by atoms with van der Waals surface area (Å²) in [5.41, 5.74) is 2.05. The highest BCUT2D eigenvalue weighted by Crippen LogP contribution is 2.19. The Bertz CT molecular complexity index is 607. The second-order valence-electron chi connectivity index (χ2n) is 5.52. The lowest BCUT2D eigenvalue weighted by atomic mass is 10.1. The van der Waals surface area contributed by atoms with Crippen LogP contribution in [0.3, 0.4) is 0 Å². The summed E-state index contributed by atoms with van der Waals surface area (Å²) in [5, 5.41) is 5.35. The molecule has 4 nitrogen and oxygen atoms in total. The van der Waals surface area contributed by atoms with Crippen molar-refractivity contribution in [2.75, 3.05) is 6.54 Å². The third-order valence-corrected chi connectivity index (χ3v) is 3.81. The van der Waals surface area contributed by atoms with Gasteiger partial charge in [-0.15, -0.1) is 11.3 Å². The minimum Gasteiger partial charge on any atom is -0.310 e. The van der Waals surface area contributed by atoms with Crippen molar-refractivity contribution in [2.45, 2.75) is 39.8 Å². The number of hydrogen-bond donors (Lipinski definition) is 1. The molecule has 0 aromatic carbocycles. The lowest BCUT2D eigenvalue weighted by molar-refractivity contribution is 0.410. The van der Waals surface area contributed by atoms with E-state index in [-0.39, 0.29) is 11.1 Å². The first-order valence-corrected chi connectivity index (χ1v) is 6.95. The van der Waals surface area contributed by atoms with Crippen LogP contribution in [0.5, 0.6) is 0 Å². The van der Waals surface area contributed by atoms with Gasteiger partial charge >= 0.3 is 0 Å². The van der Waals surface area contributed by atoms with E-state index in [2.05, 4.69) is 31.1 Å². The van der Waals surface area contributed by atoms with Crippen LogP contribution in [-0.4, -0.2) is 21.6 Å². The molecule has 0 aliphatic heterocycles. The molecule has 5 heteroatoms. The Hall–Kier alpha value is -1.20. The van der Waals surface area contributed by atoms with E-state index in [0.29, 0.717) is 6.54 Å². The highest BCUT2D eigenvalue weighted by molar-refractivity contribution is 7.17. The summed E-state index contributed by atoms with van der Waals surface area (Å²) in [4.78, 5) is 16.6. The molecule has 0 radical (unpaired) electrons. The lowest BCUT2D eigenvalue weighted by Crippen LogP contribution is -2.39. The van der Waals surface area contributed by atoms with Gasteiger partial charge in [-0.25, -0.2) is 4.98 Å². The fourth-order valence-electron chi connectivity index (χ4n) is 1.77. The van der Waals surface area contributed by atoms with Crippen LogP contribution in [0.4, 0.5) is 0 Å². The molecule has 2 heterocycles. The van der Waals surface area contributed by atoms with Crippen LogP contribution < -0.4 is 10.9 Å². The van der Waals surface area contributed by atoms with Gasteiger partial charge in [0.05, 0.1) is 11.8 Å². The molecule has 0 spiro atoms. The number of nitrogens with zero attached hydrogens (tertiary/aromatic N) is 2. The standard InChI is InChI=1S/C13H19N3OS/c1-9-7-18-11-10(9)14-8-16(12(11)17)6-5-15-13(2,3)4/h7-8,15H,5-6H2,1-4H3. The topological polar surface area (TPSA) is 46.9 Å². The molecule has 0 saturated heterocycles. The number of hydrogen-bond acceptors (Lipinski definition) is 4. The number of thiophene rings is 1. The van der Waals surface area contributed by atoms with Gasteiger partial charge in [0.25, 0.3) is 5.56 Å². The summed E-state index contributed by atoms with van der Waals surface area (Å²) >= 11 is 1.48. The van der Waals surface area contributed by atoms with Crippen molar-refractivity contribution in [3.63, 3.8) is 0 Å². The summed E-state index contributed by atoms with van der Waals surface area (Å²) in [5.74, 6) is 0. The fraction of sp³-hybridized carbons (Fsp3) is 0.538. The molecule has 0 saturated carbocycles. The second kappa shape index (κ2) is 4.82. The van der Waals surface area contributed by atoms with Crippen molar-refractivity contribution < 1.29 is 0 Å². The zero-order valence-corrected chi connectivity index (χ0v) is 12.1. The minimum absolute atomic E-state index is 0.0637. The van der Waals surface area contributed by atoms with E-state index in [1.54, 1.807) is 10.9 Å². The van der Waals surface area contributed by atoms with Crippen molar-refractivity contribution in [1.82, 2.24) is 14.9 Å². The largest absolute Gasteiger partial charge is 0.310 e. The second-order valence-corrected chi connectivity index (χ2v) is 6.40. The Morgan fingerprint density at radius 1 is 1.44 bits per heavy atom. The first-order valence-electron chi connectivity index (χ1n) is 6.07. The molecule has 0 aliphatic rings. The zero-order chi connectivity index (χ0) is 13.3. The fourth-order valence-corrected chi connectivity index (χ4v) is 2.72. The monoisotopic (exact) mass is 265 g/mol. The summed E-state index contributed by atoms with van der Waals surface area (Å²) in [7, 11) is 0. The number of rotatable bonds is 3. The zero-order valence-electron chi connectivity index (χ0n) is 11.3. The summed E-state index contributed by atoms with van der Waals surface area (Å²) < 4.78 is 2.43. The molecule has 0 amide bonds. The maximum Gasteiger partial charge on any atom is 0.271 e. The third kappa shape index (κ3) is 2.79. The van der Waals surface area contributed by atoms with Crippen molar-refractivity contribution in [3.8, 4) is 0 Å². The Morgan fingerprint density at radius 3 is 2.83 bits per heavy atom. The highest BCUT2D eigenvalue weighted by atomic mass is 32.1. The molecule has 98 valence electrons. The number of aryl methyl sites for hydroxylation is 1. The Balaban J connectivity index is 2.20. The van der Waals surface area contributed by atoms with Crippen LogP contribution in [0.25, 0.3) is 10.2 Å². The summed E-state index contributed by atoms with van der Waals surface area (Å²) in [6, 6.07) is 0. The van der Waals surface area contributed by atoms with Gasteiger partial charge in [-0.05, 0) is 38.6 Å². The predicted molar refractivity (Wildman–Crippen MR) is 76.4 cm³/mol. The van der Waals surface area contributed by atoms with Crippen molar-refractivity contribution in [2.24, 2.45) is 0 Å². The Morgan fingerprint density at radius 2 is 2.17 bits per heavy atom. The minimum atomic E-state index is 0.0637. The van der Waals surface area contributed by atoms with Crippen molar-refractivity contribution in [1.29, 1.82) is 0 Å². The maximum atomic E-state index is 12.2. The smallest absolute Gasteiger partial charge is 0.271 e. The van der Waals surface area contributed by atoms with Crippen LogP contribution in [-0.2, 0) is 6.54 Å². The molecule has 0 bridgehead atoms. The van der Waals surface area contributed by atoms with Gasteiger partial charge in [-0.1, -0.05) is 0 Å². The first-order chi connectivity index (χ1) is 8.38. The molecule has 0 atom stereocenters. The average molecular weight is 265 g/mol. The highest BCUT2D eigenvalue weighted by Gasteiger charge is 2.10. The summed E-state index contributed by atoms with van der Waals surface area (Å²) in [6.07, 6.45) is 1.65. The lowest BCUT2D eigenvalue weighted by Gasteiger charge is -2.20. The normalized spacial score (nSPS) is 12.2. The van der Waals surface area contributed by atoms with E-state index in [9.17, 15) is 4.79 Å². The molecule has 2 rings (SSSR count). The van der Waals surface area contributed by atoms with E-state index < -0.39 is 0 Å². The SMILES string of the molecule is Cc1csc2c(=O)n(CCNC(C)(C)C)cnc12. The number of nitrogens with one attached hydrogen (secondary N) is 1. The molecular weight excluding hydrogens is 246 g/mol. The molecular formula is C13H19N3OS. The number of aromatic nitrogens is 2. The van der Waals surface area contributed by atoms with Gasteiger partial charge in [-0.2, -0.15) is 0 Å². The molecule has 18 heavy (non-hydrogen) atoms. The van der Waals surface area contributed by atoms with Gasteiger partial charge in [-0.3, -0.25) is 9.36 Å². The Kier molecular flexibility index (Phi) is 3.54. The van der Waals surface area contributed by atoms with Crippen LogP contribution in [0.2, 0.25) is 0 Å². The molecule has 2 aromatic rings. The molecule has 0 unspecified atom stereocenters. The summed E-state index contributed by atoms with van der Waals surface area (Å²) in [6.45, 7) is 9.73. The van der Waals surface area contributed by atoms with Crippen molar-refractivity contribution in [3.05, 3.63) is 27.6 Å². The van der Waals surface area contributed by atoms with E-state index >= 15 is 0 Å². The quantitative estimate of drug-likeness (QED) is 0.925. The van der Waals surface area contributed by atoms with Gasteiger partial charge in [0.1, 0.15) is 4.70 Å². The van der Waals surface area contributed by atoms with Gasteiger partial charge in [0.2, 0.25) is 0 Å². The first kappa shape index (κ1) is 13.2. The molecule has 0 fully saturated rings. The molecule has 0 aliphatic carbocycles. The van der Waals surface area contributed by atoms with Gasteiger partial charge in [0, 0.05) is 18.6 Å². The van der Waals surface area contributed by atoms with Crippen LogP contribution in [0, 0.1) is 6.92 Å². The predicted octanol–water partition coefficient (Wildman–Crippen LogP) is 2.15. The van der Waals surface area contributed by atoms with Crippen LogP contribution >= 0.6 is 11.3 Å². The van der Waals surface area contributed by atoms with E-state index in [1.807, 2.05) is 12.3 Å². The Labute approximate surface area is 111 Å². The van der Waals surface area contributed by atoms with E-state index in [0.717, 1.165) is 22.3 Å². The van der Waals surface area contributed by atoms with Crippen molar-refractivity contribution >= 4 is 21.6 Å². The van der Waals surface area contributed by atoms with Crippen LogP contribution in [0.15, 0.2) is 16.5 Å². The molecule has 1 N–H and O–H groups in total. The van der Waals surface area contributed by atoms with Gasteiger partial charge < -0.3 is 5.32 Å². The molecule has 2 aromatic heterocycles. The van der Waals surface area contributed by atoms with Crippen LogP contribution in [0.1, 0.15) is 26.3 Å². The van der Waals surface area contributed by atoms with E-state index in [1.165, 1.54) is 11.3 Å².